The van der Waals surface area contributed by atoms with Crippen LogP contribution in [0.5, 0.6) is 5.75 Å². The fourth-order valence-electron chi connectivity index (χ4n) is 1.58. The molecule has 0 heterocycles. The van der Waals surface area contributed by atoms with E-state index in [9.17, 15) is 8.78 Å². The Morgan fingerprint density at radius 3 is 2.37 bits per heavy atom. The maximum absolute atomic E-state index is 13.6. The van der Waals surface area contributed by atoms with E-state index in [1.165, 1.54) is 30.3 Å². The van der Waals surface area contributed by atoms with Gasteiger partial charge in [-0.05, 0) is 35.4 Å². The van der Waals surface area contributed by atoms with Crippen LogP contribution in [0.2, 0.25) is 5.02 Å². The molecule has 0 amide bonds. The minimum Gasteiger partial charge on any atom is -0.486 e. The lowest BCUT2D eigenvalue weighted by molar-refractivity contribution is 0.290. The van der Waals surface area contributed by atoms with Gasteiger partial charge in [0.25, 0.3) is 0 Å². The average molecular weight is 284 g/mol. The third kappa shape index (κ3) is 3.43. The van der Waals surface area contributed by atoms with Crippen LogP contribution in [0, 0.1) is 11.6 Å². The molecule has 0 saturated carbocycles. The zero-order valence-electron chi connectivity index (χ0n) is 10.00. The van der Waals surface area contributed by atoms with Crippen molar-refractivity contribution < 1.29 is 13.5 Å². The van der Waals surface area contributed by atoms with E-state index >= 15 is 0 Å². The van der Waals surface area contributed by atoms with Gasteiger partial charge in [0.2, 0.25) is 0 Å². The molecule has 100 valence electrons. The van der Waals surface area contributed by atoms with Gasteiger partial charge in [-0.15, -0.1) is 0 Å². The van der Waals surface area contributed by atoms with Gasteiger partial charge in [-0.3, -0.25) is 0 Å². The number of hydrogen-bond acceptors (Lipinski definition) is 2. The van der Waals surface area contributed by atoms with Gasteiger partial charge in [0, 0.05) is 6.54 Å². The molecule has 0 aliphatic heterocycles. The molecule has 0 aliphatic carbocycles. The fraction of sp³-hybridized carbons (Fsp3) is 0.143. The van der Waals surface area contributed by atoms with Crippen LogP contribution < -0.4 is 10.5 Å². The van der Waals surface area contributed by atoms with Gasteiger partial charge in [0.1, 0.15) is 12.4 Å². The highest BCUT2D eigenvalue weighted by Crippen LogP contribution is 2.21. The lowest BCUT2D eigenvalue weighted by Crippen LogP contribution is -2.00. The van der Waals surface area contributed by atoms with Gasteiger partial charge in [0.05, 0.1) is 5.02 Å². The number of halogens is 3. The van der Waals surface area contributed by atoms with Crippen LogP contribution in [-0.4, -0.2) is 0 Å². The molecule has 19 heavy (non-hydrogen) atoms. The van der Waals surface area contributed by atoms with Crippen molar-refractivity contribution in [3.05, 3.63) is 64.2 Å². The molecule has 0 fully saturated rings. The summed E-state index contributed by atoms with van der Waals surface area (Å²) in [7, 11) is 0. The molecule has 0 unspecified atom stereocenters. The van der Waals surface area contributed by atoms with Crippen molar-refractivity contribution in [3.63, 3.8) is 0 Å². The largest absolute Gasteiger partial charge is 0.486 e. The van der Waals surface area contributed by atoms with Gasteiger partial charge in [-0.1, -0.05) is 23.7 Å². The first-order chi connectivity index (χ1) is 9.10. The Labute approximate surface area is 114 Å². The molecule has 2 N–H and O–H groups in total. The Morgan fingerprint density at radius 1 is 1.00 bits per heavy atom. The lowest BCUT2D eigenvalue weighted by atomic mass is 10.2. The highest BCUT2D eigenvalue weighted by Gasteiger charge is 2.06. The quantitative estimate of drug-likeness (QED) is 0.929. The molecule has 5 heteroatoms. The van der Waals surface area contributed by atoms with Crippen LogP contribution in [0.3, 0.4) is 0 Å². The van der Waals surface area contributed by atoms with E-state index in [0.29, 0.717) is 11.1 Å². The second-order valence-corrected chi connectivity index (χ2v) is 4.41. The maximum Gasteiger partial charge on any atom is 0.165 e. The minimum absolute atomic E-state index is 0.0139. The molecule has 2 rings (SSSR count). The molecule has 2 aromatic carbocycles. The number of ether oxygens (including phenoxy) is 1. The van der Waals surface area contributed by atoms with Crippen molar-refractivity contribution in [2.75, 3.05) is 0 Å². The molecule has 0 saturated heterocycles. The molecule has 0 aromatic heterocycles. The van der Waals surface area contributed by atoms with Crippen LogP contribution in [-0.2, 0) is 13.2 Å². The Bertz CT molecular complexity index is 590. The summed E-state index contributed by atoms with van der Waals surface area (Å²) >= 11 is 5.65. The summed E-state index contributed by atoms with van der Waals surface area (Å²) in [6.45, 7) is 0.379. The van der Waals surface area contributed by atoms with Crippen LogP contribution >= 0.6 is 11.6 Å². The minimum atomic E-state index is -0.496. The second-order valence-electron chi connectivity index (χ2n) is 4.01. The predicted octanol–water partition coefficient (Wildman–Crippen LogP) is 3.66. The van der Waals surface area contributed by atoms with Crippen molar-refractivity contribution in [2.24, 2.45) is 5.73 Å². The summed E-state index contributed by atoms with van der Waals surface area (Å²) in [4.78, 5) is 0. The SMILES string of the molecule is NCc1ccc(OCc2ccc(F)c(Cl)c2)c(F)c1. The summed E-state index contributed by atoms with van der Waals surface area (Å²) in [5, 5.41) is 0.0139. The van der Waals surface area contributed by atoms with E-state index < -0.39 is 11.6 Å². The third-order valence-electron chi connectivity index (χ3n) is 2.61. The highest BCUT2D eigenvalue weighted by atomic mass is 35.5. The standard InChI is InChI=1S/C14H12ClF2NO/c15-11-5-10(1-3-12(11)16)8-19-14-4-2-9(7-18)6-13(14)17/h1-6H,7-8,18H2. The molecule has 0 bridgehead atoms. The monoisotopic (exact) mass is 283 g/mol. The van der Waals surface area contributed by atoms with Crippen LogP contribution in [0.15, 0.2) is 36.4 Å². The van der Waals surface area contributed by atoms with Crippen LogP contribution in [0.1, 0.15) is 11.1 Å². The van der Waals surface area contributed by atoms with Gasteiger partial charge in [-0.25, -0.2) is 8.78 Å². The van der Waals surface area contributed by atoms with Crippen LogP contribution in [0.4, 0.5) is 8.78 Å². The molecule has 0 atom stereocenters. The zero-order chi connectivity index (χ0) is 13.8. The number of nitrogens with two attached hydrogens (primary N) is 1. The Kier molecular flexibility index (Phi) is 4.35. The third-order valence-corrected chi connectivity index (χ3v) is 2.90. The van der Waals surface area contributed by atoms with Crippen molar-refractivity contribution >= 4 is 11.6 Å². The van der Waals surface area contributed by atoms with Crippen molar-refractivity contribution in [1.82, 2.24) is 0 Å². The molecule has 2 aromatic rings. The average Bonchev–Trinajstić information content (AvgIpc) is 2.41. The second kappa shape index (κ2) is 5.99. The number of rotatable bonds is 4. The fourth-order valence-corrected chi connectivity index (χ4v) is 1.78. The molecule has 2 nitrogen and oxygen atoms in total. The number of hydrogen-bond donors (Lipinski definition) is 1. The topological polar surface area (TPSA) is 35.2 Å². The molecule has 0 radical (unpaired) electrons. The van der Waals surface area contributed by atoms with E-state index in [1.54, 1.807) is 6.07 Å². The molecule has 0 spiro atoms. The summed E-state index contributed by atoms with van der Waals surface area (Å²) < 4.78 is 31.9. The maximum atomic E-state index is 13.6. The summed E-state index contributed by atoms with van der Waals surface area (Å²) in [6.07, 6.45) is 0. The Balaban J connectivity index is 2.07. The highest BCUT2D eigenvalue weighted by molar-refractivity contribution is 6.30. The molecular formula is C14H12ClF2NO. The van der Waals surface area contributed by atoms with Gasteiger partial charge in [0.15, 0.2) is 11.6 Å². The molecular weight excluding hydrogens is 272 g/mol. The normalized spacial score (nSPS) is 10.5. The van der Waals surface area contributed by atoms with Gasteiger partial charge < -0.3 is 10.5 Å². The summed E-state index contributed by atoms with van der Waals surface area (Å²) in [5.74, 6) is -0.849. The van der Waals surface area contributed by atoms with Crippen molar-refractivity contribution in [3.8, 4) is 5.75 Å². The Hall–Kier alpha value is -1.65. The predicted molar refractivity (Wildman–Crippen MR) is 70.0 cm³/mol. The first-order valence-corrected chi connectivity index (χ1v) is 6.03. The van der Waals surface area contributed by atoms with E-state index in [1.807, 2.05) is 0 Å². The first-order valence-electron chi connectivity index (χ1n) is 5.65. The van der Waals surface area contributed by atoms with Gasteiger partial charge in [-0.2, -0.15) is 0 Å². The van der Waals surface area contributed by atoms with E-state index in [0.717, 1.165) is 0 Å². The zero-order valence-corrected chi connectivity index (χ0v) is 10.8. The van der Waals surface area contributed by atoms with E-state index in [-0.39, 0.29) is 23.9 Å². The summed E-state index contributed by atoms with van der Waals surface area (Å²) in [6, 6.07) is 8.76. The van der Waals surface area contributed by atoms with Crippen molar-refractivity contribution in [1.29, 1.82) is 0 Å². The summed E-state index contributed by atoms with van der Waals surface area (Å²) in [5.41, 5.74) is 6.76. The van der Waals surface area contributed by atoms with Gasteiger partial charge >= 0.3 is 0 Å². The van der Waals surface area contributed by atoms with Crippen molar-refractivity contribution in [2.45, 2.75) is 13.2 Å². The van der Waals surface area contributed by atoms with Crippen LogP contribution in [0.25, 0.3) is 0 Å². The molecule has 0 aliphatic rings. The first kappa shape index (κ1) is 13.8. The lowest BCUT2D eigenvalue weighted by Gasteiger charge is -2.08. The van der Waals surface area contributed by atoms with E-state index in [2.05, 4.69) is 0 Å². The van der Waals surface area contributed by atoms with E-state index in [4.69, 9.17) is 22.1 Å². The smallest absolute Gasteiger partial charge is 0.165 e. The number of benzene rings is 2. The Morgan fingerprint density at radius 2 is 1.74 bits per heavy atom.